The van der Waals surface area contributed by atoms with Crippen LogP contribution in [0.5, 0.6) is 11.6 Å². The maximum absolute atomic E-state index is 8.99. The molecule has 8 nitrogen and oxygen atoms in total. The second-order valence-corrected chi connectivity index (χ2v) is 8.61. The normalized spacial score (nSPS) is 17.7. The number of nitrogens with one attached hydrogen (secondary N) is 2. The van der Waals surface area contributed by atoms with E-state index in [4.69, 9.17) is 20.2 Å². The summed E-state index contributed by atoms with van der Waals surface area (Å²) in [6, 6.07) is 8.15. The minimum Gasteiger partial charge on any atom is -0.436 e. The molecule has 1 fully saturated rings. The van der Waals surface area contributed by atoms with Crippen molar-refractivity contribution in [3.63, 3.8) is 0 Å². The third-order valence-corrected chi connectivity index (χ3v) is 6.16. The quantitative estimate of drug-likeness (QED) is 0.508. The lowest BCUT2D eigenvalue weighted by molar-refractivity contribution is 0.404. The Morgan fingerprint density at radius 1 is 1.15 bits per heavy atom. The molecule has 1 unspecified atom stereocenters. The SMILES string of the molecule is Cc1cc(/C=C/C#N)cc(C)c1Oc1nc(NC2C=C(C#N)C2)nc2nc(C3CCC3)[nH]c12. The molecule has 33 heavy (non-hydrogen) atoms. The fraction of sp³-hybridized carbons (Fsp3) is 0.320. The predicted octanol–water partition coefficient (Wildman–Crippen LogP) is 5.20. The molecule has 2 heterocycles. The number of aryl methyl sites for hydroxylation is 2. The molecule has 8 heteroatoms. The van der Waals surface area contributed by atoms with Crippen molar-refractivity contribution in [1.82, 2.24) is 19.9 Å². The van der Waals surface area contributed by atoms with E-state index in [0.717, 1.165) is 40.9 Å². The van der Waals surface area contributed by atoms with Gasteiger partial charge in [-0.15, -0.1) is 0 Å². The first kappa shape index (κ1) is 20.7. The molecule has 2 aromatic heterocycles. The van der Waals surface area contributed by atoms with E-state index in [2.05, 4.69) is 26.3 Å². The third kappa shape index (κ3) is 4.04. The number of allylic oxidation sites excluding steroid dienone is 1. The highest BCUT2D eigenvalue weighted by Gasteiger charge is 2.26. The molecule has 1 aromatic carbocycles. The molecule has 1 atom stereocenters. The van der Waals surface area contributed by atoms with Gasteiger partial charge in [0.15, 0.2) is 5.65 Å². The van der Waals surface area contributed by atoms with Gasteiger partial charge in [0.25, 0.3) is 5.88 Å². The Morgan fingerprint density at radius 3 is 2.55 bits per heavy atom. The van der Waals surface area contributed by atoms with Crippen LogP contribution in [0.15, 0.2) is 29.9 Å². The summed E-state index contributed by atoms with van der Waals surface area (Å²) in [5.41, 5.74) is 4.82. The summed E-state index contributed by atoms with van der Waals surface area (Å²) in [7, 11) is 0. The van der Waals surface area contributed by atoms with Gasteiger partial charge in [-0.3, -0.25) is 0 Å². The van der Waals surface area contributed by atoms with E-state index >= 15 is 0 Å². The van der Waals surface area contributed by atoms with Gasteiger partial charge in [0.05, 0.1) is 18.2 Å². The Balaban J connectivity index is 1.52. The van der Waals surface area contributed by atoms with Gasteiger partial charge in [0, 0.05) is 24.0 Å². The second kappa shape index (κ2) is 8.40. The van der Waals surface area contributed by atoms with Crippen molar-refractivity contribution in [1.29, 1.82) is 10.5 Å². The molecule has 3 aromatic rings. The van der Waals surface area contributed by atoms with Crippen LogP contribution in [-0.2, 0) is 0 Å². The van der Waals surface area contributed by atoms with Gasteiger partial charge >= 0.3 is 0 Å². The zero-order valence-corrected chi connectivity index (χ0v) is 18.5. The Morgan fingerprint density at radius 2 is 1.91 bits per heavy atom. The molecular weight excluding hydrogens is 414 g/mol. The van der Waals surface area contributed by atoms with Crippen molar-refractivity contribution in [3.05, 3.63) is 52.4 Å². The lowest BCUT2D eigenvalue weighted by atomic mass is 9.85. The van der Waals surface area contributed by atoms with Crippen LogP contribution in [0.1, 0.15) is 54.1 Å². The monoisotopic (exact) mass is 437 g/mol. The zero-order chi connectivity index (χ0) is 22.9. The van der Waals surface area contributed by atoms with Gasteiger partial charge < -0.3 is 15.0 Å². The number of anilines is 1. The molecule has 0 spiro atoms. The van der Waals surface area contributed by atoms with Crippen LogP contribution in [-0.4, -0.2) is 26.0 Å². The number of hydrogen-bond donors (Lipinski definition) is 2. The maximum atomic E-state index is 8.99. The second-order valence-electron chi connectivity index (χ2n) is 8.61. The molecule has 5 rings (SSSR count). The summed E-state index contributed by atoms with van der Waals surface area (Å²) in [4.78, 5) is 17.4. The topological polar surface area (TPSA) is 123 Å². The van der Waals surface area contributed by atoms with E-state index in [9.17, 15) is 0 Å². The molecule has 0 radical (unpaired) electrons. The molecule has 2 N–H and O–H groups in total. The van der Waals surface area contributed by atoms with Crippen molar-refractivity contribution in [3.8, 4) is 23.8 Å². The zero-order valence-electron chi connectivity index (χ0n) is 18.5. The summed E-state index contributed by atoms with van der Waals surface area (Å²) in [5.74, 6) is 2.89. The van der Waals surface area contributed by atoms with Crippen LogP contribution in [0.4, 0.5) is 5.95 Å². The molecule has 1 saturated carbocycles. The number of nitrogens with zero attached hydrogens (tertiary/aromatic N) is 5. The van der Waals surface area contributed by atoms with Gasteiger partial charge in [-0.1, -0.05) is 6.42 Å². The van der Waals surface area contributed by atoms with Crippen molar-refractivity contribution in [2.75, 3.05) is 5.32 Å². The van der Waals surface area contributed by atoms with E-state index in [-0.39, 0.29) is 6.04 Å². The Kier molecular flexibility index (Phi) is 5.27. The summed E-state index contributed by atoms with van der Waals surface area (Å²) in [6.07, 6.45) is 9.21. The van der Waals surface area contributed by atoms with E-state index < -0.39 is 0 Å². The van der Waals surface area contributed by atoms with Crippen LogP contribution in [0.2, 0.25) is 0 Å². The molecule has 2 aliphatic rings. The van der Waals surface area contributed by atoms with Crippen LogP contribution >= 0.6 is 0 Å². The number of H-pyrrole nitrogens is 1. The van der Waals surface area contributed by atoms with E-state index in [1.54, 1.807) is 6.08 Å². The van der Waals surface area contributed by atoms with Crippen LogP contribution in [0.25, 0.3) is 17.2 Å². The first-order chi connectivity index (χ1) is 16.0. The molecule has 0 aliphatic heterocycles. The van der Waals surface area contributed by atoms with Gasteiger partial charge in [-0.05, 0) is 67.7 Å². The lowest BCUT2D eigenvalue weighted by Crippen LogP contribution is -2.26. The van der Waals surface area contributed by atoms with Gasteiger partial charge in [0.2, 0.25) is 5.95 Å². The number of nitriles is 2. The average molecular weight is 438 g/mol. The van der Waals surface area contributed by atoms with Crippen LogP contribution in [0, 0.1) is 36.5 Å². The number of benzene rings is 1. The van der Waals surface area contributed by atoms with Crippen LogP contribution in [0.3, 0.4) is 0 Å². The highest BCUT2D eigenvalue weighted by atomic mass is 16.5. The number of aromatic nitrogens is 4. The minimum atomic E-state index is 0.0182. The number of imidazole rings is 1. The van der Waals surface area contributed by atoms with E-state index in [1.165, 1.54) is 12.5 Å². The standard InChI is InChI=1S/C25H23N7O/c1-14-9-16(5-4-8-26)10-15(2)21(14)33-24-20-23(30-22(29-20)18-6-3-7-18)31-25(32-24)28-19-11-17(12-19)13-27/h4-5,9-11,18-19H,3,6-7,12H2,1-2H3,(H2,28,29,30,31,32)/b5-4+. The molecular formula is C25H23N7O. The number of rotatable bonds is 6. The third-order valence-electron chi connectivity index (χ3n) is 6.16. The highest BCUT2D eigenvalue weighted by molar-refractivity contribution is 5.78. The lowest BCUT2D eigenvalue weighted by Gasteiger charge is -2.22. The molecule has 0 amide bonds. The average Bonchev–Trinajstić information content (AvgIpc) is 3.13. The summed E-state index contributed by atoms with van der Waals surface area (Å²) >= 11 is 0. The van der Waals surface area contributed by atoms with E-state index in [0.29, 0.717) is 41.1 Å². The number of ether oxygens (including phenoxy) is 1. The van der Waals surface area contributed by atoms with Crippen molar-refractivity contribution in [2.24, 2.45) is 0 Å². The number of hydrogen-bond acceptors (Lipinski definition) is 7. The summed E-state index contributed by atoms with van der Waals surface area (Å²) in [5, 5.41) is 21.1. The molecule has 0 saturated heterocycles. The Bertz CT molecular complexity index is 1360. The van der Waals surface area contributed by atoms with Crippen molar-refractivity contribution >= 4 is 23.2 Å². The first-order valence-corrected chi connectivity index (χ1v) is 11.0. The van der Waals surface area contributed by atoms with Crippen molar-refractivity contribution < 1.29 is 4.74 Å². The first-order valence-electron chi connectivity index (χ1n) is 11.0. The van der Waals surface area contributed by atoms with Crippen LogP contribution < -0.4 is 10.1 Å². The van der Waals surface area contributed by atoms with Gasteiger partial charge in [-0.2, -0.15) is 20.5 Å². The molecule has 2 aliphatic carbocycles. The minimum absolute atomic E-state index is 0.0182. The smallest absolute Gasteiger partial charge is 0.250 e. The molecule has 164 valence electrons. The van der Waals surface area contributed by atoms with Crippen molar-refractivity contribution in [2.45, 2.75) is 51.5 Å². The Labute approximate surface area is 191 Å². The molecule has 0 bridgehead atoms. The van der Waals surface area contributed by atoms with Gasteiger partial charge in [0.1, 0.15) is 17.1 Å². The fourth-order valence-corrected chi connectivity index (χ4v) is 4.16. The summed E-state index contributed by atoms with van der Waals surface area (Å²) < 4.78 is 6.35. The summed E-state index contributed by atoms with van der Waals surface area (Å²) in [6.45, 7) is 3.94. The maximum Gasteiger partial charge on any atom is 0.250 e. The van der Waals surface area contributed by atoms with E-state index in [1.807, 2.05) is 38.1 Å². The largest absolute Gasteiger partial charge is 0.436 e. The Hall–Kier alpha value is -4.17. The number of aromatic amines is 1. The fourth-order valence-electron chi connectivity index (χ4n) is 4.16. The van der Waals surface area contributed by atoms with Gasteiger partial charge in [-0.25, -0.2) is 4.98 Å². The highest BCUT2D eigenvalue weighted by Crippen LogP contribution is 2.38. The number of fused-ring (bicyclic) bond motifs is 1. The predicted molar refractivity (Wildman–Crippen MR) is 125 cm³/mol.